The number of hydrogen-bond donors (Lipinski definition) is 1. The topological polar surface area (TPSA) is 62.5 Å². The highest BCUT2D eigenvalue weighted by molar-refractivity contribution is 5.95. The van der Waals surface area contributed by atoms with Crippen molar-refractivity contribution in [1.29, 1.82) is 0 Å². The molecule has 4 aromatic rings. The van der Waals surface area contributed by atoms with Crippen molar-refractivity contribution in [3.63, 3.8) is 0 Å². The SMILES string of the molecule is Cc1nn2c(C)c(C(=O)NCc3ccc(N(C)C)cc3)cnc2c1-c1ccccc1. The summed E-state index contributed by atoms with van der Waals surface area (Å²) >= 11 is 0. The number of carbonyl (C=O) groups excluding carboxylic acids is 1. The van der Waals surface area contributed by atoms with Crippen LogP contribution in [-0.2, 0) is 6.54 Å². The minimum absolute atomic E-state index is 0.159. The zero-order valence-corrected chi connectivity index (χ0v) is 17.7. The third-order valence-corrected chi connectivity index (χ3v) is 5.27. The summed E-state index contributed by atoms with van der Waals surface area (Å²) in [5, 5.41) is 7.63. The average Bonchev–Trinajstić information content (AvgIpc) is 3.10. The van der Waals surface area contributed by atoms with Crippen molar-refractivity contribution in [1.82, 2.24) is 19.9 Å². The van der Waals surface area contributed by atoms with E-state index in [1.54, 1.807) is 10.7 Å². The second-order valence-electron chi connectivity index (χ2n) is 7.56. The van der Waals surface area contributed by atoms with Crippen LogP contribution in [0.15, 0.2) is 60.8 Å². The Morgan fingerprint density at radius 3 is 2.40 bits per heavy atom. The molecule has 0 unspecified atom stereocenters. The van der Waals surface area contributed by atoms with Crippen LogP contribution in [0.3, 0.4) is 0 Å². The molecule has 0 bridgehead atoms. The monoisotopic (exact) mass is 399 g/mol. The summed E-state index contributed by atoms with van der Waals surface area (Å²) in [6, 6.07) is 18.2. The number of hydrogen-bond acceptors (Lipinski definition) is 4. The molecule has 1 N–H and O–H groups in total. The van der Waals surface area contributed by atoms with Crippen LogP contribution in [0.2, 0.25) is 0 Å². The number of anilines is 1. The van der Waals surface area contributed by atoms with Gasteiger partial charge in [-0.2, -0.15) is 5.10 Å². The van der Waals surface area contributed by atoms with E-state index in [1.807, 2.05) is 87.4 Å². The molecule has 0 atom stereocenters. The Kier molecular flexibility index (Phi) is 5.23. The van der Waals surface area contributed by atoms with Crippen LogP contribution in [0, 0.1) is 13.8 Å². The maximum atomic E-state index is 12.8. The van der Waals surface area contributed by atoms with Crippen molar-refractivity contribution in [3.05, 3.63) is 83.3 Å². The van der Waals surface area contributed by atoms with E-state index in [0.717, 1.165) is 39.4 Å². The van der Waals surface area contributed by atoms with E-state index < -0.39 is 0 Å². The Balaban J connectivity index is 1.58. The maximum absolute atomic E-state index is 12.8. The minimum atomic E-state index is -0.159. The number of fused-ring (bicyclic) bond motifs is 1. The van der Waals surface area contributed by atoms with Crippen LogP contribution in [0.5, 0.6) is 0 Å². The molecule has 2 heterocycles. The summed E-state index contributed by atoms with van der Waals surface area (Å²) in [5.74, 6) is -0.159. The molecule has 6 heteroatoms. The summed E-state index contributed by atoms with van der Waals surface area (Å²) < 4.78 is 1.76. The first-order valence-corrected chi connectivity index (χ1v) is 9.90. The van der Waals surface area contributed by atoms with Crippen molar-refractivity contribution >= 4 is 17.2 Å². The average molecular weight is 399 g/mol. The van der Waals surface area contributed by atoms with Crippen LogP contribution < -0.4 is 10.2 Å². The van der Waals surface area contributed by atoms with Gasteiger partial charge in [0.25, 0.3) is 5.91 Å². The van der Waals surface area contributed by atoms with Crippen molar-refractivity contribution in [2.24, 2.45) is 0 Å². The lowest BCUT2D eigenvalue weighted by Crippen LogP contribution is -2.24. The number of carbonyl (C=O) groups is 1. The van der Waals surface area contributed by atoms with Gasteiger partial charge in [-0.3, -0.25) is 4.79 Å². The lowest BCUT2D eigenvalue weighted by molar-refractivity contribution is 0.0949. The van der Waals surface area contributed by atoms with Gasteiger partial charge < -0.3 is 10.2 Å². The molecule has 2 aromatic carbocycles. The van der Waals surface area contributed by atoms with E-state index in [4.69, 9.17) is 0 Å². The lowest BCUT2D eigenvalue weighted by Gasteiger charge is -2.13. The minimum Gasteiger partial charge on any atom is -0.378 e. The molecule has 0 aliphatic heterocycles. The number of nitrogens with one attached hydrogen (secondary N) is 1. The second-order valence-corrected chi connectivity index (χ2v) is 7.56. The fraction of sp³-hybridized carbons (Fsp3) is 0.208. The lowest BCUT2D eigenvalue weighted by atomic mass is 10.1. The van der Waals surface area contributed by atoms with Gasteiger partial charge in [0.15, 0.2) is 5.65 Å². The van der Waals surface area contributed by atoms with Crippen LogP contribution >= 0.6 is 0 Å². The number of aromatic nitrogens is 3. The Hall–Kier alpha value is -3.67. The Morgan fingerprint density at radius 1 is 1.03 bits per heavy atom. The normalized spacial score (nSPS) is 10.9. The molecule has 6 nitrogen and oxygen atoms in total. The zero-order chi connectivity index (χ0) is 21.3. The van der Waals surface area contributed by atoms with Gasteiger partial charge in [-0.25, -0.2) is 9.50 Å². The maximum Gasteiger partial charge on any atom is 0.254 e. The molecule has 0 aliphatic rings. The molecule has 0 fully saturated rings. The van der Waals surface area contributed by atoms with Gasteiger partial charge in [0.1, 0.15) is 0 Å². The largest absolute Gasteiger partial charge is 0.378 e. The summed E-state index contributed by atoms with van der Waals surface area (Å²) in [6.07, 6.45) is 1.64. The Morgan fingerprint density at radius 2 is 1.73 bits per heavy atom. The molecular formula is C24H25N5O. The van der Waals surface area contributed by atoms with Gasteiger partial charge in [0, 0.05) is 38.1 Å². The number of benzene rings is 2. The summed E-state index contributed by atoms with van der Waals surface area (Å²) in [7, 11) is 4.01. The van der Waals surface area contributed by atoms with Crippen molar-refractivity contribution in [2.75, 3.05) is 19.0 Å². The fourth-order valence-corrected chi connectivity index (χ4v) is 3.56. The van der Waals surface area contributed by atoms with E-state index in [9.17, 15) is 4.79 Å². The smallest absolute Gasteiger partial charge is 0.254 e. The number of rotatable bonds is 5. The van der Waals surface area contributed by atoms with Gasteiger partial charge in [0.2, 0.25) is 0 Å². The van der Waals surface area contributed by atoms with E-state index >= 15 is 0 Å². The van der Waals surface area contributed by atoms with E-state index in [1.165, 1.54) is 0 Å². The van der Waals surface area contributed by atoms with Crippen molar-refractivity contribution in [2.45, 2.75) is 20.4 Å². The Labute approximate surface area is 176 Å². The van der Waals surface area contributed by atoms with Crippen molar-refractivity contribution in [3.8, 4) is 11.1 Å². The summed E-state index contributed by atoms with van der Waals surface area (Å²) in [4.78, 5) is 19.4. The summed E-state index contributed by atoms with van der Waals surface area (Å²) in [6.45, 7) is 4.32. The number of nitrogens with zero attached hydrogens (tertiary/aromatic N) is 4. The fourth-order valence-electron chi connectivity index (χ4n) is 3.56. The quantitative estimate of drug-likeness (QED) is 0.551. The van der Waals surface area contributed by atoms with Crippen LogP contribution in [-0.4, -0.2) is 34.6 Å². The molecule has 2 aromatic heterocycles. The van der Waals surface area contributed by atoms with E-state index in [2.05, 4.69) is 15.4 Å². The molecule has 30 heavy (non-hydrogen) atoms. The molecule has 0 spiro atoms. The summed E-state index contributed by atoms with van der Waals surface area (Å²) in [5.41, 5.74) is 7.16. The highest BCUT2D eigenvalue weighted by Crippen LogP contribution is 2.28. The van der Waals surface area contributed by atoms with Gasteiger partial charge >= 0.3 is 0 Å². The number of amides is 1. The first-order chi connectivity index (χ1) is 14.5. The standard InChI is InChI=1S/C24H25N5O/c1-16-22(19-8-6-5-7-9-19)23-25-15-21(17(2)29(23)27-16)24(30)26-14-18-10-12-20(13-11-18)28(3)4/h5-13,15H,14H2,1-4H3,(H,26,30). The van der Waals surface area contributed by atoms with Crippen LogP contribution in [0.1, 0.15) is 27.3 Å². The highest BCUT2D eigenvalue weighted by atomic mass is 16.1. The second kappa shape index (κ2) is 7.99. The first kappa shape index (κ1) is 19.6. The molecule has 0 radical (unpaired) electrons. The molecule has 4 rings (SSSR count). The van der Waals surface area contributed by atoms with E-state index in [0.29, 0.717) is 12.1 Å². The van der Waals surface area contributed by atoms with Crippen LogP contribution in [0.25, 0.3) is 16.8 Å². The van der Waals surface area contributed by atoms with Gasteiger partial charge in [-0.1, -0.05) is 42.5 Å². The molecule has 1 amide bonds. The molecular weight excluding hydrogens is 374 g/mol. The number of aryl methyl sites for hydroxylation is 2. The first-order valence-electron chi connectivity index (χ1n) is 9.90. The third-order valence-electron chi connectivity index (χ3n) is 5.27. The molecule has 0 saturated carbocycles. The van der Waals surface area contributed by atoms with Gasteiger partial charge in [-0.05, 0) is 37.1 Å². The predicted molar refractivity (Wildman–Crippen MR) is 120 cm³/mol. The molecule has 0 aliphatic carbocycles. The predicted octanol–water partition coefficient (Wildman–Crippen LogP) is 4.01. The molecule has 152 valence electrons. The third kappa shape index (κ3) is 3.64. The molecule has 0 saturated heterocycles. The highest BCUT2D eigenvalue weighted by Gasteiger charge is 2.18. The van der Waals surface area contributed by atoms with E-state index in [-0.39, 0.29) is 5.91 Å². The van der Waals surface area contributed by atoms with Crippen molar-refractivity contribution < 1.29 is 4.79 Å². The zero-order valence-electron chi connectivity index (χ0n) is 17.7. The van der Waals surface area contributed by atoms with Gasteiger partial charge in [0.05, 0.1) is 17.0 Å². The van der Waals surface area contributed by atoms with Gasteiger partial charge in [-0.15, -0.1) is 0 Å². The Bertz CT molecular complexity index is 1190. The van der Waals surface area contributed by atoms with Crippen LogP contribution in [0.4, 0.5) is 5.69 Å².